The van der Waals surface area contributed by atoms with Crippen molar-refractivity contribution in [2.75, 3.05) is 0 Å². The second kappa shape index (κ2) is 3.63. The highest BCUT2D eigenvalue weighted by Gasteiger charge is 2.31. The number of aromatic nitrogens is 2. The molecule has 1 unspecified atom stereocenters. The molecule has 1 saturated heterocycles. The number of imidazole rings is 1. The number of rotatable bonds is 2. The van der Waals surface area contributed by atoms with Crippen LogP contribution in [0.15, 0.2) is 6.33 Å². The van der Waals surface area contributed by atoms with Crippen LogP contribution in [0.5, 0.6) is 0 Å². The van der Waals surface area contributed by atoms with Crippen LogP contribution in [-0.4, -0.2) is 21.3 Å². The molecule has 1 aliphatic heterocycles. The Morgan fingerprint density at radius 3 is 2.73 bits per heavy atom. The van der Waals surface area contributed by atoms with Gasteiger partial charge in [-0.15, -0.1) is 0 Å². The largest absolute Gasteiger partial charge is 0.370 e. The van der Waals surface area contributed by atoms with Gasteiger partial charge in [0.2, 0.25) is 0 Å². The molecule has 1 aromatic heterocycles. The zero-order valence-corrected chi connectivity index (χ0v) is 10.1. The highest BCUT2D eigenvalue weighted by atomic mass is 16.5. The molecular weight excluding hydrogens is 188 g/mol. The minimum Gasteiger partial charge on any atom is -0.370 e. The fraction of sp³-hybridized carbons (Fsp3) is 0.750. The summed E-state index contributed by atoms with van der Waals surface area (Å²) in [6, 6.07) is 0. The topological polar surface area (TPSA) is 27.1 Å². The van der Waals surface area contributed by atoms with Gasteiger partial charge >= 0.3 is 0 Å². The minimum absolute atomic E-state index is 0.0637. The van der Waals surface area contributed by atoms with Gasteiger partial charge in [-0.3, -0.25) is 0 Å². The van der Waals surface area contributed by atoms with Crippen molar-refractivity contribution >= 4 is 0 Å². The predicted molar refractivity (Wildman–Crippen MR) is 59.9 cm³/mol. The van der Waals surface area contributed by atoms with E-state index in [0.29, 0.717) is 6.10 Å². The molecule has 0 spiro atoms. The molecule has 84 valence electrons. The van der Waals surface area contributed by atoms with Gasteiger partial charge in [0.05, 0.1) is 30.3 Å². The second-order valence-electron chi connectivity index (χ2n) is 5.11. The zero-order chi connectivity index (χ0) is 11.1. The number of hydrogen-bond acceptors (Lipinski definition) is 2. The first-order valence-electron chi connectivity index (χ1n) is 5.64. The maximum absolute atomic E-state index is 5.97. The van der Waals surface area contributed by atoms with Crippen molar-refractivity contribution < 1.29 is 4.74 Å². The van der Waals surface area contributed by atoms with Gasteiger partial charge in [0, 0.05) is 5.69 Å². The van der Waals surface area contributed by atoms with Gasteiger partial charge in [-0.2, -0.15) is 0 Å². The molecule has 2 heterocycles. The number of hydrogen-bond donors (Lipinski definition) is 0. The van der Waals surface area contributed by atoms with E-state index in [-0.39, 0.29) is 5.60 Å². The van der Waals surface area contributed by atoms with Crippen molar-refractivity contribution in [2.45, 2.75) is 58.8 Å². The first-order valence-corrected chi connectivity index (χ1v) is 5.64. The Morgan fingerprint density at radius 2 is 2.27 bits per heavy atom. The molecule has 0 aromatic carbocycles. The fourth-order valence-corrected chi connectivity index (χ4v) is 2.15. The minimum atomic E-state index is 0.0637. The van der Waals surface area contributed by atoms with Crippen LogP contribution in [0.2, 0.25) is 0 Å². The molecule has 0 radical (unpaired) electrons. The quantitative estimate of drug-likeness (QED) is 0.746. The van der Waals surface area contributed by atoms with E-state index in [1.54, 1.807) is 0 Å². The summed E-state index contributed by atoms with van der Waals surface area (Å²) in [6.45, 7) is 9.43. The van der Waals surface area contributed by atoms with Gasteiger partial charge in [-0.1, -0.05) is 0 Å². The number of ether oxygens (including phenoxy) is 1. The van der Waals surface area contributed by atoms with Crippen molar-refractivity contribution in [1.82, 2.24) is 9.55 Å². The molecule has 1 atom stereocenters. The van der Waals surface area contributed by atoms with Gasteiger partial charge in [-0.05, 0) is 40.5 Å². The monoisotopic (exact) mass is 208 g/mol. The molecule has 0 N–H and O–H groups in total. The van der Waals surface area contributed by atoms with E-state index in [2.05, 4.69) is 30.3 Å². The van der Waals surface area contributed by atoms with Crippen LogP contribution < -0.4 is 0 Å². The lowest BCUT2D eigenvalue weighted by Crippen LogP contribution is -2.23. The van der Waals surface area contributed by atoms with Crippen LogP contribution >= 0.6 is 0 Å². The first kappa shape index (κ1) is 10.7. The summed E-state index contributed by atoms with van der Waals surface area (Å²) < 4.78 is 8.16. The Morgan fingerprint density at radius 1 is 1.53 bits per heavy atom. The smallest absolute Gasteiger partial charge is 0.0952 e. The molecular formula is C12H20N2O. The summed E-state index contributed by atoms with van der Waals surface area (Å²) in [5.74, 6) is 0. The van der Waals surface area contributed by atoms with Gasteiger partial charge in [0.15, 0.2) is 0 Å². The third-order valence-corrected chi connectivity index (χ3v) is 3.30. The van der Waals surface area contributed by atoms with E-state index in [4.69, 9.17) is 4.74 Å². The molecule has 0 bridgehead atoms. The van der Waals surface area contributed by atoms with Crippen LogP contribution in [0.25, 0.3) is 0 Å². The van der Waals surface area contributed by atoms with Crippen molar-refractivity contribution in [2.24, 2.45) is 0 Å². The summed E-state index contributed by atoms with van der Waals surface area (Å²) in [6.07, 6.45) is 4.58. The fourth-order valence-electron chi connectivity index (χ4n) is 2.15. The molecule has 3 nitrogen and oxygen atoms in total. The van der Waals surface area contributed by atoms with Crippen molar-refractivity contribution in [3.05, 3.63) is 17.7 Å². The van der Waals surface area contributed by atoms with E-state index in [1.807, 2.05) is 13.3 Å². The van der Waals surface area contributed by atoms with Crippen LogP contribution in [0.4, 0.5) is 0 Å². The molecule has 1 aromatic rings. The molecule has 0 aliphatic carbocycles. The second-order valence-corrected chi connectivity index (χ2v) is 5.11. The van der Waals surface area contributed by atoms with Crippen molar-refractivity contribution in [3.8, 4) is 0 Å². The van der Waals surface area contributed by atoms with Gasteiger partial charge in [-0.25, -0.2) is 4.98 Å². The Balaban J connectivity index is 2.02. The Hall–Kier alpha value is -0.830. The lowest BCUT2D eigenvalue weighted by molar-refractivity contribution is -0.0218. The molecule has 2 rings (SSSR count). The molecule has 0 saturated carbocycles. The third-order valence-electron chi connectivity index (χ3n) is 3.30. The summed E-state index contributed by atoms with van der Waals surface area (Å²) in [5, 5.41) is 0. The summed E-state index contributed by atoms with van der Waals surface area (Å²) in [4.78, 5) is 4.30. The van der Waals surface area contributed by atoms with Crippen molar-refractivity contribution in [3.63, 3.8) is 0 Å². The predicted octanol–water partition coefficient (Wildman–Crippen LogP) is 2.46. The maximum Gasteiger partial charge on any atom is 0.0952 e. The Bertz CT molecular complexity index is 355. The van der Waals surface area contributed by atoms with Gasteiger partial charge in [0.25, 0.3) is 0 Å². The number of aryl methyl sites for hydroxylation is 1. The molecule has 3 heteroatoms. The first-order chi connectivity index (χ1) is 6.98. The van der Waals surface area contributed by atoms with E-state index in [0.717, 1.165) is 25.1 Å². The average molecular weight is 208 g/mol. The summed E-state index contributed by atoms with van der Waals surface area (Å²) in [7, 11) is 0. The highest BCUT2D eigenvalue weighted by Crippen LogP contribution is 2.30. The summed E-state index contributed by atoms with van der Waals surface area (Å²) >= 11 is 0. The van der Waals surface area contributed by atoms with E-state index in [9.17, 15) is 0 Å². The molecule has 1 fully saturated rings. The average Bonchev–Trinajstić information content (AvgIpc) is 2.63. The van der Waals surface area contributed by atoms with Crippen LogP contribution in [0.3, 0.4) is 0 Å². The number of nitrogens with zero attached hydrogens (tertiary/aromatic N) is 2. The van der Waals surface area contributed by atoms with Gasteiger partial charge in [0.1, 0.15) is 0 Å². The van der Waals surface area contributed by atoms with E-state index < -0.39 is 0 Å². The maximum atomic E-state index is 5.97. The molecule has 0 amide bonds. The SMILES string of the molecule is Cc1ncn(CC2CCC(C)(C)O2)c1C. The standard InChI is InChI=1S/C12H20N2O/c1-9-10(2)14(8-13-9)7-11-5-6-12(3,4)15-11/h8,11H,5-7H2,1-4H3. The normalized spacial score (nSPS) is 24.7. The lowest BCUT2D eigenvalue weighted by atomic mass is 10.1. The van der Waals surface area contributed by atoms with E-state index >= 15 is 0 Å². The zero-order valence-electron chi connectivity index (χ0n) is 10.1. The van der Waals surface area contributed by atoms with Gasteiger partial charge < -0.3 is 9.30 Å². The summed E-state index contributed by atoms with van der Waals surface area (Å²) in [5.41, 5.74) is 2.43. The molecule has 1 aliphatic rings. The third kappa shape index (κ3) is 2.23. The highest BCUT2D eigenvalue weighted by molar-refractivity contribution is 5.08. The van der Waals surface area contributed by atoms with Crippen LogP contribution in [-0.2, 0) is 11.3 Å². The van der Waals surface area contributed by atoms with Crippen molar-refractivity contribution in [1.29, 1.82) is 0 Å². The van der Waals surface area contributed by atoms with E-state index in [1.165, 1.54) is 5.69 Å². The van der Waals surface area contributed by atoms with Crippen LogP contribution in [0, 0.1) is 13.8 Å². The Kier molecular flexibility index (Phi) is 2.59. The molecule has 15 heavy (non-hydrogen) atoms. The Labute approximate surface area is 91.5 Å². The lowest BCUT2D eigenvalue weighted by Gasteiger charge is -2.19. The van der Waals surface area contributed by atoms with Crippen LogP contribution in [0.1, 0.15) is 38.1 Å².